The number of likely N-dealkylation sites (N-methyl/N-ethyl adjacent to an activating group) is 1. The molecule has 0 saturated carbocycles. The Kier molecular flexibility index (Phi) is 3.92. The van der Waals surface area contributed by atoms with Crippen LogP contribution in [0.4, 0.5) is 0 Å². The van der Waals surface area contributed by atoms with Crippen LogP contribution in [0.15, 0.2) is 0 Å². The molecule has 0 bridgehead atoms. The van der Waals surface area contributed by atoms with Gasteiger partial charge in [0.25, 0.3) is 0 Å². The SMILES string of the molecule is CN1CCN(CS(C)=S)CC1. The zero-order valence-electron chi connectivity index (χ0n) is 7.25. The first-order valence-electron chi connectivity index (χ1n) is 3.89. The minimum Gasteiger partial charge on any atom is -0.304 e. The van der Waals surface area contributed by atoms with Crippen molar-refractivity contribution in [2.24, 2.45) is 0 Å². The summed E-state index contributed by atoms with van der Waals surface area (Å²) in [6.07, 6.45) is 2.13. The first kappa shape index (κ1) is 9.58. The van der Waals surface area contributed by atoms with E-state index < -0.39 is 0 Å². The lowest BCUT2D eigenvalue weighted by Crippen LogP contribution is -2.45. The Labute approximate surface area is 76.1 Å². The molecule has 1 aliphatic rings. The first-order chi connectivity index (χ1) is 5.18. The van der Waals surface area contributed by atoms with Gasteiger partial charge in [-0.3, -0.25) is 4.90 Å². The zero-order chi connectivity index (χ0) is 8.27. The Hall–Kier alpha value is 0.490. The predicted molar refractivity (Wildman–Crippen MR) is 54.6 cm³/mol. The van der Waals surface area contributed by atoms with Gasteiger partial charge in [0.05, 0.1) is 0 Å². The molecule has 0 aromatic carbocycles. The van der Waals surface area contributed by atoms with Crippen LogP contribution in [0.25, 0.3) is 0 Å². The van der Waals surface area contributed by atoms with E-state index in [4.69, 9.17) is 11.2 Å². The number of nitrogens with zero attached hydrogens (tertiary/aromatic N) is 2. The fraction of sp³-hybridized carbons (Fsp3) is 1.00. The second kappa shape index (κ2) is 4.50. The summed E-state index contributed by atoms with van der Waals surface area (Å²) >= 11 is 5.16. The minimum absolute atomic E-state index is 0.166. The Morgan fingerprint density at radius 1 is 1.27 bits per heavy atom. The van der Waals surface area contributed by atoms with Crippen molar-refractivity contribution in [2.75, 3.05) is 45.4 Å². The van der Waals surface area contributed by atoms with Crippen molar-refractivity contribution in [3.05, 3.63) is 0 Å². The topological polar surface area (TPSA) is 6.48 Å². The average Bonchev–Trinajstić information content (AvgIpc) is 1.93. The molecule has 1 aliphatic heterocycles. The van der Waals surface area contributed by atoms with Crippen LogP contribution in [0.2, 0.25) is 0 Å². The molecule has 1 atom stereocenters. The molecular formula is C7H16N2S2. The quantitative estimate of drug-likeness (QED) is 0.603. The number of hydrogen-bond donors (Lipinski definition) is 0. The summed E-state index contributed by atoms with van der Waals surface area (Å²) in [5, 5.41) is 0. The van der Waals surface area contributed by atoms with Gasteiger partial charge in [-0.1, -0.05) is 11.2 Å². The van der Waals surface area contributed by atoms with E-state index in [0.717, 1.165) is 5.88 Å². The number of piperazine rings is 1. The molecule has 0 N–H and O–H groups in total. The van der Waals surface area contributed by atoms with Crippen molar-refractivity contribution < 1.29 is 0 Å². The molecule has 1 fully saturated rings. The van der Waals surface area contributed by atoms with Gasteiger partial charge >= 0.3 is 0 Å². The van der Waals surface area contributed by atoms with Crippen molar-refractivity contribution in [3.8, 4) is 0 Å². The zero-order valence-corrected chi connectivity index (χ0v) is 8.88. The number of rotatable bonds is 2. The maximum Gasteiger partial charge on any atom is 0.0488 e. The van der Waals surface area contributed by atoms with Gasteiger partial charge in [-0.05, 0) is 13.3 Å². The Morgan fingerprint density at radius 2 is 1.82 bits per heavy atom. The van der Waals surface area contributed by atoms with Crippen LogP contribution in [0, 0.1) is 0 Å². The largest absolute Gasteiger partial charge is 0.304 e. The fourth-order valence-electron chi connectivity index (χ4n) is 1.23. The fourth-order valence-corrected chi connectivity index (χ4v) is 2.45. The highest BCUT2D eigenvalue weighted by atomic mass is 32.8. The Balaban J connectivity index is 2.22. The van der Waals surface area contributed by atoms with Gasteiger partial charge in [-0.25, -0.2) is 0 Å². The summed E-state index contributed by atoms with van der Waals surface area (Å²) in [7, 11) is 2.34. The highest BCUT2D eigenvalue weighted by Crippen LogP contribution is 1.98. The van der Waals surface area contributed by atoms with E-state index in [2.05, 4.69) is 23.1 Å². The maximum absolute atomic E-state index is 5.16. The maximum atomic E-state index is 5.16. The summed E-state index contributed by atoms with van der Waals surface area (Å²) in [6, 6.07) is 0. The van der Waals surface area contributed by atoms with Crippen molar-refractivity contribution in [3.63, 3.8) is 0 Å². The van der Waals surface area contributed by atoms with E-state index in [0.29, 0.717) is 0 Å². The standard InChI is InChI=1S/C7H16N2S2/c1-8-3-5-9(6-4-8)7-11(2)10/h3-7H2,1-2H3. The monoisotopic (exact) mass is 192 g/mol. The molecule has 0 aliphatic carbocycles. The molecule has 0 aromatic rings. The van der Waals surface area contributed by atoms with Crippen LogP contribution < -0.4 is 0 Å². The van der Waals surface area contributed by atoms with Gasteiger partial charge in [-0.15, -0.1) is 9.45 Å². The van der Waals surface area contributed by atoms with Crippen molar-refractivity contribution in [1.29, 1.82) is 0 Å². The first-order valence-corrected chi connectivity index (χ1v) is 6.62. The lowest BCUT2D eigenvalue weighted by atomic mass is 10.4. The van der Waals surface area contributed by atoms with Crippen molar-refractivity contribution >= 4 is 20.6 Å². The molecule has 0 amide bonds. The summed E-state index contributed by atoms with van der Waals surface area (Å²) in [5.74, 6) is 1.11. The summed E-state index contributed by atoms with van der Waals surface area (Å²) in [5.41, 5.74) is 0. The lowest BCUT2D eigenvalue weighted by Gasteiger charge is -2.32. The number of hydrogen-bond acceptors (Lipinski definition) is 3. The molecule has 2 nitrogen and oxygen atoms in total. The molecule has 1 heterocycles. The van der Waals surface area contributed by atoms with Gasteiger partial charge in [0.15, 0.2) is 0 Å². The van der Waals surface area contributed by atoms with E-state index in [9.17, 15) is 0 Å². The second-order valence-electron chi connectivity index (χ2n) is 3.12. The molecule has 4 heteroatoms. The molecule has 1 unspecified atom stereocenters. The highest BCUT2D eigenvalue weighted by Gasteiger charge is 2.12. The molecule has 1 saturated heterocycles. The van der Waals surface area contributed by atoms with Gasteiger partial charge in [0.2, 0.25) is 0 Å². The van der Waals surface area contributed by atoms with Gasteiger partial charge in [0, 0.05) is 32.1 Å². The lowest BCUT2D eigenvalue weighted by molar-refractivity contribution is 0.174. The molecule has 0 radical (unpaired) electrons. The normalized spacial score (nSPS) is 25.3. The molecular weight excluding hydrogens is 176 g/mol. The van der Waals surface area contributed by atoms with Gasteiger partial charge in [0.1, 0.15) is 0 Å². The molecule has 0 spiro atoms. The van der Waals surface area contributed by atoms with E-state index in [-0.39, 0.29) is 9.45 Å². The molecule has 66 valence electrons. The van der Waals surface area contributed by atoms with E-state index in [1.165, 1.54) is 26.2 Å². The van der Waals surface area contributed by atoms with Crippen LogP contribution >= 0.6 is 0 Å². The molecule has 1 rings (SSSR count). The summed E-state index contributed by atoms with van der Waals surface area (Å²) in [4.78, 5) is 4.84. The van der Waals surface area contributed by atoms with Crippen LogP contribution in [0.1, 0.15) is 0 Å². The molecule has 11 heavy (non-hydrogen) atoms. The van der Waals surface area contributed by atoms with Gasteiger partial charge in [-0.2, -0.15) is 0 Å². The van der Waals surface area contributed by atoms with E-state index >= 15 is 0 Å². The Bertz CT molecular complexity index is 141. The summed E-state index contributed by atoms with van der Waals surface area (Å²) in [6.45, 7) is 4.80. The van der Waals surface area contributed by atoms with E-state index in [1.54, 1.807) is 0 Å². The highest BCUT2D eigenvalue weighted by molar-refractivity contribution is 8.28. The van der Waals surface area contributed by atoms with Crippen LogP contribution in [-0.4, -0.2) is 55.2 Å². The van der Waals surface area contributed by atoms with Gasteiger partial charge < -0.3 is 4.90 Å². The van der Waals surface area contributed by atoms with Crippen molar-refractivity contribution in [1.82, 2.24) is 9.80 Å². The van der Waals surface area contributed by atoms with Crippen LogP contribution in [0.5, 0.6) is 0 Å². The van der Waals surface area contributed by atoms with Crippen LogP contribution in [0.3, 0.4) is 0 Å². The van der Waals surface area contributed by atoms with E-state index in [1.807, 2.05) is 0 Å². The third-order valence-electron chi connectivity index (χ3n) is 1.96. The Morgan fingerprint density at radius 3 is 2.27 bits per heavy atom. The minimum atomic E-state index is 0.166. The third kappa shape index (κ3) is 3.60. The summed E-state index contributed by atoms with van der Waals surface area (Å²) < 4.78 is 0. The molecule has 0 aromatic heterocycles. The second-order valence-corrected chi connectivity index (χ2v) is 6.24. The third-order valence-corrected chi connectivity index (χ3v) is 3.01. The predicted octanol–water partition coefficient (Wildman–Crippen LogP) is -0.0987. The average molecular weight is 192 g/mol. The van der Waals surface area contributed by atoms with Crippen LogP contribution in [-0.2, 0) is 20.6 Å². The van der Waals surface area contributed by atoms with Crippen molar-refractivity contribution in [2.45, 2.75) is 0 Å². The smallest absolute Gasteiger partial charge is 0.0488 e.